The molecule has 1 aliphatic heterocycles. The van der Waals surface area contributed by atoms with Crippen molar-refractivity contribution in [2.45, 2.75) is 52.2 Å². The van der Waals surface area contributed by atoms with Gasteiger partial charge in [-0.1, -0.05) is 80.1 Å². The van der Waals surface area contributed by atoms with Crippen molar-refractivity contribution < 1.29 is 14.6 Å². The molecule has 6 heteroatoms. The first-order chi connectivity index (χ1) is 19.3. The molecule has 2 heterocycles. The SMILES string of the molecule is CCCCn1c(-c2ccccc2)nc(-c2ccccc2)c1CN(CCCCO)Cc1ccc2c(c1)OCCO2. The summed E-state index contributed by atoms with van der Waals surface area (Å²) in [6.07, 6.45) is 3.91. The van der Waals surface area contributed by atoms with Crippen molar-refractivity contribution in [1.82, 2.24) is 14.5 Å². The molecule has 204 valence electrons. The van der Waals surface area contributed by atoms with Crippen molar-refractivity contribution in [3.05, 3.63) is 90.1 Å². The third-order valence-electron chi connectivity index (χ3n) is 7.16. The fraction of sp³-hybridized carbons (Fsp3) is 0.364. The van der Waals surface area contributed by atoms with E-state index in [1.54, 1.807) is 0 Å². The molecule has 0 aliphatic carbocycles. The molecule has 1 N–H and O–H groups in total. The van der Waals surface area contributed by atoms with E-state index >= 15 is 0 Å². The lowest BCUT2D eigenvalue weighted by Crippen LogP contribution is -2.26. The average Bonchev–Trinajstić information content (AvgIpc) is 3.34. The van der Waals surface area contributed by atoms with Gasteiger partial charge in [-0.3, -0.25) is 4.90 Å². The lowest BCUT2D eigenvalue weighted by Gasteiger charge is -2.25. The van der Waals surface area contributed by atoms with E-state index in [1.807, 2.05) is 6.07 Å². The maximum Gasteiger partial charge on any atom is 0.161 e. The normalized spacial score (nSPS) is 12.7. The Morgan fingerprint density at radius 3 is 2.26 bits per heavy atom. The van der Waals surface area contributed by atoms with Gasteiger partial charge >= 0.3 is 0 Å². The van der Waals surface area contributed by atoms with Crippen molar-refractivity contribution >= 4 is 0 Å². The number of imidazole rings is 1. The third-order valence-corrected chi connectivity index (χ3v) is 7.16. The summed E-state index contributed by atoms with van der Waals surface area (Å²) < 4.78 is 14.0. The topological polar surface area (TPSA) is 59.8 Å². The predicted molar refractivity (Wildman–Crippen MR) is 156 cm³/mol. The number of ether oxygens (including phenoxy) is 2. The van der Waals surface area contributed by atoms with Crippen molar-refractivity contribution in [2.75, 3.05) is 26.4 Å². The van der Waals surface area contributed by atoms with Crippen molar-refractivity contribution in [3.8, 4) is 34.1 Å². The highest BCUT2D eigenvalue weighted by Gasteiger charge is 2.22. The summed E-state index contributed by atoms with van der Waals surface area (Å²) >= 11 is 0. The second-order valence-corrected chi connectivity index (χ2v) is 10.1. The molecule has 0 unspecified atom stereocenters. The Balaban J connectivity index is 1.54. The number of fused-ring (bicyclic) bond motifs is 1. The first-order valence-corrected chi connectivity index (χ1v) is 14.2. The predicted octanol–water partition coefficient (Wildman–Crippen LogP) is 6.56. The summed E-state index contributed by atoms with van der Waals surface area (Å²) in [5.41, 5.74) is 5.73. The molecule has 6 nitrogen and oxygen atoms in total. The highest BCUT2D eigenvalue weighted by Crippen LogP contribution is 2.33. The summed E-state index contributed by atoms with van der Waals surface area (Å²) in [7, 11) is 0. The lowest BCUT2D eigenvalue weighted by molar-refractivity contribution is 0.170. The quantitative estimate of drug-likeness (QED) is 0.200. The third kappa shape index (κ3) is 6.70. The fourth-order valence-electron chi connectivity index (χ4n) is 5.16. The van der Waals surface area contributed by atoms with Gasteiger partial charge in [-0.15, -0.1) is 0 Å². The maximum atomic E-state index is 9.49. The van der Waals surface area contributed by atoms with Crippen LogP contribution in [-0.4, -0.2) is 45.9 Å². The number of hydrogen-bond donors (Lipinski definition) is 1. The molecule has 0 atom stereocenters. The summed E-state index contributed by atoms with van der Waals surface area (Å²) in [5, 5.41) is 9.49. The molecule has 0 spiro atoms. The van der Waals surface area contributed by atoms with Gasteiger partial charge in [0.15, 0.2) is 11.5 Å². The van der Waals surface area contributed by atoms with E-state index < -0.39 is 0 Å². The molecule has 0 radical (unpaired) electrons. The first kappa shape index (κ1) is 27.0. The molecule has 0 saturated heterocycles. The van der Waals surface area contributed by atoms with Crippen LogP contribution in [0.4, 0.5) is 0 Å². The van der Waals surface area contributed by atoms with E-state index in [2.05, 4.69) is 89.2 Å². The summed E-state index contributed by atoms with van der Waals surface area (Å²) in [5.74, 6) is 2.65. The molecule has 0 amide bonds. The Kier molecular flexibility index (Phi) is 9.30. The van der Waals surface area contributed by atoms with E-state index in [0.29, 0.717) is 13.2 Å². The Hall–Kier alpha value is -3.61. The number of unbranched alkanes of at least 4 members (excludes halogenated alkanes) is 2. The maximum absolute atomic E-state index is 9.49. The fourth-order valence-corrected chi connectivity index (χ4v) is 5.16. The minimum absolute atomic E-state index is 0.208. The molecular formula is C33H39N3O3. The molecule has 1 aliphatic rings. The van der Waals surface area contributed by atoms with Gasteiger partial charge in [0.2, 0.25) is 0 Å². The minimum Gasteiger partial charge on any atom is -0.486 e. The monoisotopic (exact) mass is 525 g/mol. The largest absolute Gasteiger partial charge is 0.486 e. The van der Waals surface area contributed by atoms with Gasteiger partial charge < -0.3 is 19.1 Å². The van der Waals surface area contributed by atoms with Gasteiger partial charge in [0.05, 0.1) is 11.4 Å². The molecule has 4 aromatic rings. The van der Waals surface area contributed by atoms with Gasteiger partial charge in [-0.25, -0.2) is 4.98 Å². The van der Waals surface area contributed by atoms with Gasteiger partial charge in [-0.2, -0.15) is 0 Å². The summed E-state index contributed by atoms with van der Waals surface area (Å²) in [6, 6.07) is 27.3. The highest BCUT2D eigenvalue weighted by molar-refractivity contribution is 5.68. The minimum atomic E-state index is 0.208. The lowest BCUT2D eigenvalue weighted by atomic mass is 10.1. The molecular weight excluding hydrogens is 486 g/mol. The first-order valence-electron chi connectivity index (χ1n) is 14.2. The molecule has 0 fully saturated rings. The van der Waals surface area contributed by atoms with Crippen LogP contribution in [0.2, 0.25) is 0 Å². The van der Waals surface area contributed by atoms with Crippen LogP contribution in [0.1, 0.15) is 43.9 Å². The van der Waals surface area contributed by atoms with E-state index in [1.165, 1.54) is 11.3 Å². The van der Waals surface area contributed by atoms with Crippen LogP contribution < -0.4 is 9.47 Å². The number of hydrogen-bond acceptors (Lipinski definition) is 5. The Morgan fingerprint density at radius 1 is 0.821 bits per heavy atom. The van der Waals surface area contributed by atoms with Crippen LogP contribution in [0.5, 0.6) is 11.5 Å². The van der Waals surface area contributed by atoms with E-state index in [9.17, 15) is 5.11 Å². The number of benzene rings is 3. The van der Waals surface area contributed by atoms with Crippen LogP contribution in [0, 0.1) is 0 Å². The second kappa shape index (κ2) is 13.5. The Bertz CT molecular complexity index is 1320. The Morgan fingerprint density at radius 2 is 1.54 bits per heavy atom. The van der Waals surface area contributed by atoms with Gasteiger partial charge in [0.25, 0.3) is 0 Å². The van der Waals surface area contributed by atoms with E-state index in [0.717, 1.165) is 86.0 Å². The van der Waals surface area contributed by atoms with Crippen LogP contribution >= 0.6 is 0 Å². The smallest absolute Gasteiger partial charge is 0.161 e. The molecule has 5 rings (SSSR count). The number of aromatic nitrogens is 2. The van der Waals surface area contributed by atoms with Crippen LogP contribution in [-0.2, 0) is 19.6 Å². The Labute approximate surface area is 231 Å². The summed E-state index contributed by atoms with van der Waals surface area (Å²) in [4.78, 5) is 7.75. The molecule has 0 bridgehead atoms. The summed E-state index contributed by atoms with van der Waals surface area (Å²) in [6.45, 7) is 6.94. The van der Waals surface area contributed by atoms with Crippen molar-refractivity contribution in [1.29, 1.82) is 0 Å². The number of aliphatic hydroxyl groups is 1. The number of aliphatic hydroxyl groups excluding tert-OH is 1. The zero-order valence-corrected chi connectivity index (χ0v) is 22.9. The van der Waals surface area contributed by atoms with E-state index in [-0.39, 0.29) is 6.61 Å². The number of rotatable bonds is 13. The molecule has 39 heavy (non-hydrogen) atoms. The van der Waals surface area contributed by atoms with Crippen molar-refractivity contribution in [2.24, 2.45) is 0 Å². The highest BCUT2D eigenvalue weighted by atomic mass is 16.6. The van der Waals surface area contributed by atoms with Crippen molar-refractivity contribution in [3.63, 3.8) is 0 Å². The standard InChI is InChI=1S/C33H39N3O3/c1-2-3-19-36-29(32(27-12-6-4-7-13-27)34-33(36)28-14-8-5-9-15-28)25-35(18-10-11-20-37)24-26-16-17-30-31(23-26)39-22-21-38-30/h4-9,12-17,23,37H,2-3,10-11,18-22,24-25H2,1H3. The molecule has 0 saturated carbocycles. The van der Waals surface area contributed by atoms with Crippen LogP contribution in [0.15, 0.2) is 78.9 Å². The zero-order chi connectivity index (χ0) is 26.9. The van der Waals surface area contributed by atoms with Crippen LogP contribution in [0.25, 0.3) is 22.6 Å². The van der Waals surface area contributed by atoms with Gasteiger partial charge in [0.1, 0.15) is 19.0 Å². The molecule has 3 aromatic carbocycles. The van der Waals surface area contributed by atoms with Gasteiger partial charge in [-0.05, 0) is 43.5 Å². The van der Waals surface area contributed by atoms with Crippen LogP contribution in [0.3, 0.4) is 0 Å². The molecule has 1 aromatic heterocycles. The second-order valence-electron chi connectivity index (χ2n) is 10.1. The number of nitrogens with zero attached hydrogens (tertiary/aromatic N) is 3. The van der Waals surface area contributed by atoms with Gasteiger partial charge in [0, 0.05) is 37.4 Å². The average molecular weight is 526 g/mol. The zero-order valence-electron chi connectivity index (χ0n) is 22.9. The van der Waals surface area contributed by atoms with E-state index in [4.69, 9.17) is 14.5 Å².